The molecule has 24 heavy (non-hydrogen) atoms. The van der Waals surface area contributed by atoms with E-state index in [9.17, 15) is 9.59 Å². The van der Waals surface area contributed by atoms with Crippen molar-refractivity contribution in [2.24, 2.45) is 4.99 Å². The maximum Gasteiger partial charge on any atom is 0.335 e. The van der Waals surface area contributed by atoms with Crippen molar-refractivity contribution in [3.8, 4) is 11.5 Å². The average Bonchev–Trinajstić information content (AvgIpc) is 2.55. The highest BCUT2D eigenvalue weighted by Gasteiger charge is 2.08. The van der Waals surface area contributed by atoms with Crippen molar-refractivity contribution in [1.29, 1.82) is 0 Å². The van der Waals surface area contributed by atoms with Gasteiger partial charge in [-0.25, -0.2) is 4.79 Å². The Kier molecular flexibility index (Phi) is 5.68. The van der Waals surface area contributed by atoms with Gasteiger partial charge in [-0.05, 0) is 48.9 Å². The van der Waals surface area contributed by atoms with Crippen LogP contribution < -0.4 is 9.47 Å². The molecule has 0 fully saturated rings. The molecule has 0 aliphatic rings. The number of carboxylic acid groups (broad SMARTS) is 1. The normalized spacial score (nSPS) is 10.6. The van der Waals surface area contributed by atoms with E-state index < -0.39 is 11.9 Å². The Morgan fingerprint density at radius 3 is 2.62 bits per heavy atom. The minimum atomic E-state index is -1.00. The van der Waals surface area contributed by atoms with Gasteiger partial charge in [-0.3, -0.25) is 9.79 Å². The van der Waals surface area contributed by atoms with Crippen molar-refractivity contribution in [3.05, 3.63) is 53.6 Å². The Bertz CT molecular complexity index is 783. The summed E-state index contributed by atoms with van der Waals surface area (Å²) in [5, 5.41) is 8.98. The molecule has 0 aromatic heterocycles. The zero-order chi connectivity index (χ0) is 17.5. The predicted octanol–water partition coefficient (Wildman–Crippen LogP) is 3.46. The van der Waals surface area contributed by atoms with E-state index in [2.05, 4.69) is 4.99 Å². The van der Waals surface area contributed by atoms with Gasteiger partial charge in [0, 0.05) is 13.1 Å². The topological polar surface area (TPSA) is 85.2 Å². The van der Waals surface area contributed by atoms with Crippen LogP contribution >= 0.6 is 0 Å². The van der Waals surface area contributed by atoms with E-state index in [0.29, 0.717) is 23.8 Å². The summed E-state index contributed by atoms with van der Waals surface area (Å²) < 4.78 is 10.5. The molecule has 6 heteroatoms. The van der Waals surface area contributed by atoms with Crippen molar-refractivity contribution >= 4 is 23.8 Å². The van der Waals surface area contributed by atoms with Gasteiger partial charge in [-0.2, -0.15) is 0 Å². The second-order valence-corrected chi connectivity index (χ2v) is 4.85. The molecular formula is C18H17NO5. The fourth-order valence-corrected chi connectivity index (χ4v) is 1.98. The quantitative estimate of drug-likeness (QED) is 0.499. The first-order valence-electron chi connectivity index (χ1n) is 7.32. The lowest BCUT2D eigenvalue weighted by Crippen LogP contribution is -2.04. The number of hydrogen-bond acceptors (Lipinski definition) is 5. The molecule has 2 aromatic rings. The minimum absolute atomic E-state index is 0.171. The lowest BCUT2D eigenvalue weighted by atomic mass is 10.2. The van der Waals surface area contributed by atoms with Crippen molar-refractivity contribution in [2.45, 2.75) is 13.8 Å². The molecule has 124 valence electrons. The number of hydrogen-bond donors (Lipinski definition) is 1. The van der Waals surface area contributed by atoms with Gasteiger partial charge in [0.15, 0.2) is 11.5 Å². The van der Waals surface area contributed by atoms with Crippen LogP contribution in [0, 0.1) is 0 Å². The third-order valence-electron chi connectivity index (χ3n) is 2.98. The zero-order valence-corrected chi connectivity index (χ0v) is 13.4. The van der Waals surface area contributed by atoms with Crippen LogP contribution in [0.4, 0.5) is 5.69 Å². The van der Waals surface area contributed by atoms with Gasteiger partial charge in [-0.15, -0.1) is 0 Å². The first kappa shape index (κ1) is 17.2. The molecule has 0 bridgehead atoms. The van der Waals surface area contributed by atoms with Crippen LogP contribution in [-0.4, -0.2) is 29.9 Å². The smallest absolute Gasteiger partial charge is 0.335 e. The van der Waals surface area contributed by atoms with E-state index in [1.54, 1.807) is 36.5 Å². The Balaban J connectivity index is 2.25. The fourth-order valence-electron chi connectivity index (χ4n) is 1.98. The number of nitrogens with zero attached hydrogens (tertiary/aromatic N) is 1. The maximum absolute atomic E-state index is 11.1. The monoisotopic (exact) mass is 327 g/mol. The summed E-state index contributed by atoms with van der Waals surface area (Å²) >= 11 is 0. The number of rotatable bonds is 6. The number of carbonyl (C=O) groups is 2. The van der Waals surface area contributed by atoms with E-state index in [1.165, 1.54) is 19.1 Å². The number of aromatic carboxylic acids is 1. The number of ether oxygens (including phenoxy) is 2. The van der Waals surface area contributed by atoms with E-state index in [1.807, 2.05) is 6.92 Å². The summed E-state index contributed by atoms with van der Waals surface area (Å²) in [6, 6.07) is 11.4. The highest BCUT2D eigenvalue weighted by Crippen LogP contribution is 2.28. The van der Waals surface area contributed by atoms with Gasteiger partial charge in [0.05, 0.1) is 17.9 Å². The van der Waals surface area contributed by atoms with Crippen LogP contribution in [0.5, 0.6) is 11.5 Å². The molecule has 2 rings (SSSR count). The second-order valence-electron chi connectivity index (χ2n) is 4.85. The molecule has 0 heterocycles. The number of esters is 1. The van der Waals surface area contributed by atoms with Gasteiger partial charge >= 0.3 is 11.9 Å². The third kappa shape index (κ3) is 4.67. The highest BCUT2D eigenvalue weighted by atomic mass is 16.6. The van der Waals surface area contributed by atoms with Crippen LogP contribution in [0.2, 0.25) is 0 Å². The average molecular weight is 327 g/mol. The first-order valence-corrected chi connectivity index (χ1v) is 7.32. The molecule has 0 atom stereocenters. The standard InChI is InChI=1S/C18H17NO5/c1-3-23-17-9-13(7-8-16(17)24-12(2)20)11-19-15-6-4-5-14(10-15)18(21)22/h4-11H,3H2,1-2H3,(H,21,22). The summed E-state index contributed by atoms with van der Waals surface area (Å²) in [6.07, 6.45) is 1.58. The Morgan fingerprint density at radius 1 is 1.17 bits per heavy atom. The number of carbonyl (C=O) groups excluding carboxylic acids is 1. The Morgan fingerprint density at radius 2 is 1.96 bits per heavy atom. The number of aliphatic imine (C=N–C) groups is 1. The van der Waals surface area contributed by atoms with Crippen LogP contribution in [0.1, 0.15) is 29.8 Å². The Hall–Kier alpha value is -3.15. The molecular weight excluding hydrogens is 310 g/mol. The van der Waals surface area contributed by atoms with Crippen LogP contribution in [0.25, 0.3) is 0 Å². The molecule has 0 saturated carbocycles. The van der Waals surface area contributed by atoms with Gasteiger partial charge < -0.3 is 14.6 Å². The molecule has 0 aliphatic carbocycles. The predicted molar refractivity (Wildman–Crippen MR) is 89.6 cm³/mol. The van der Waals surface area contributed by atoms with Gasteiger partial charge in [0.2, 0.25) is 0 Å². The molecule has 6 nitrogen and oxygen atoms in total. The highest BCUT2D eigenvalue weighted by molar-refractivity contribution is 5.89. The lowest BCUT2D eigenvalue weighted by molar-refractivity contribution is -0.132. The summed E-state index contributed by atoms with van der Waals surface area (Å²) in [5.41, 5.74) is 1.43. The molecule has 2 aromatic carbocycles. The lowest BCUT2D eigenvalue weighted by Gasteiger charge is -2.10. The van der Waals surface area contributed by atoms with Crippen molar-refractivity contribution < 1.29 is 24.2 Å². The van der Waals surface area contributed by atoms with E-state index >= 15 is 0 Å². The van der Waals surface area contributed by atoms with Crippen molar-refractivity contribution in [3.63, 3.8) is 0 Å². The van der Waals surface area contributed by atoms with Gasteiger partial charge in [0.1, 0.15) is 0 Å². The van der Waals surface area contributed by atoms with E-state index in [-0.39, 0.29) is 5.56 Å². The zero-order valence-electron chi connectivity index (χ0n) is 13.4. The summed E-state index contributed by atoms with van der Waals surface area (Å²) in [7, 11) is 0. The molecule has 0 amide bonds. The van der Waals surface area contributed by atoms with Crippen molar-refractivity contribution in [1.82, 2.24) is 0 Å². The number of carboxylic acids is 1. The molecule has 0 spiro atoms. The second kappa shape index (κ2) is 7.92. The SMILES string of the molecule is CCOc1cc(C=Nc2cccc(C(=O)O)c2)ccc1OC(C)=O. The molecule has 0 saturated heterocycles. The van der Waals surface area contributed by atoms with Crippen LogP contribution in [-0.2, 0) is 4.79 Å². The first-order chi connectivity index (χ1) is 11.5. The largest absolute Gasteiger partial charge is 0.490 e. The van der Waals surface area contributed by atoms with Gasteiger partial charge in [-0.1, -0.05) is 6.07 Å². The third-order valence-corrected chi connectivity index (χ3v) is 2.98. The van der Waals surface area contributed by atoms with Crippen molar-refractivity contribution in [2.75, 3.05) is 6.61 Å². The fraction of sp³-hybridized carbons (Fsp3) is 0.167. The van der Waals surface area contributed by atoms with Crippen LogP contribution in [0.3, 0.4) is 0 Å². The van der Waals surface area contributed by atoms with Gasteiger partial charge in [0.25, 0.3) is 0 Å². The maximum atomic E-state index is 11.1. The summed E-state index contributed by atoms with van der Waals surface area (Å²) in [6.45, 7) is 3.58. The molecule has 0 aliphatic heterocycles. The van der Waals surface area contributed by atoms with E-state index in [0.717, 1.165) is 5.56 Å². The molecule has 1 N–H and O–H groups in total. The molecule has 0 radical (unpaired) electrons. The summed E-state index contributed by atoms with van der Waals surface area (Å²) in [5.74, 6) is -0.649. The van der Waals surface area contributed by atoms with E-state index in [4.69, 9.17) is 14.6 Å². The Labute approximate surface area is 139 Å². The minimum Gasteiger partial charge on any atom is -0.490 e. The van der Waals surface area contributed by atoms with Crippen LogP contribution in [0.15, 0.2) is 47.5 Å². The summed E-state index contributed by atoms with van der Waals surface area (Å²) in [4.78, 5) is 26.3. The molecule has 0 unspecified atom stereocenters. The number of benzene rings is 2.